The molecule has 0 fully saturated rings. The Morgan fingerprint density at radius 2 is 2.10 bits per heavy atom. The van der Waals surface area contributed by atoms with Crippen LogP contribution < -0.4 is 5.32 Å². The molecule has 0 aliphatic carbocycles. The molecule has 5 nitrogen and oxygen atoms in total. The van der Waals surface area contributed by atoms with Gasteiger partial charge in [-0.3, -0.25) is 4.79 Å². The molecule has 1 N–H and O–H groups in total. The monoisotopic (exact) mass is 304 g/mol. The second kappa shape index (κ2) is 6.67. The van der Waals surface area contributed by atoms with E-state index in [1.54, 1.807) is 29.4 Å². The summed E-state index contributed by atoms with van der Waals surface area (Å²) >= 11 is 1.60. The van der Waals surface area contributed by atoms with Gasteiger partial charge in [-0.1, -0.05) is 0 Å². The number of anilines is 1. The Morgan fingerprint density at radius 3 is 2.71 bits per heavy atom. The van der Waals surface area contributed by atoms with Gasteiger partial charge in [-0.05, 0) is 32.9 Å². The molecule has 0 aliphatic rings. The molecule has 0 aromatic carbocycles. The second-order valence-corrected chi connectivity index (χ2v) is 5.99. The molecule has 6 heteroatoms. The highest BCUT2D eigenvalue weighted by atomic mass is 32.1. The van der Waals surface area contributed by atoms with Crippen LogP contribution in [0.3, 0.4) is 0 Å². The second-order valence-electron chi connectivity index (χ2n) is 4.93. The van der Waals surface area contributed by atoms with Crippen LogP contribution in [0, 0.1) is 13.8 Å². The highest BCUT2D eigenvalue weighted by molar-refractivity contribution is 7.09. The predicted octanol–water partition coefficient (Wildman–Crippen LogP) is 2.86. The van der Waals surface area contributed by atoms with Crippen molar-refractivity contribution < 1.29 is 4.79 Å². The van der Waals surface area contributed by atoms with Gasteiger partial charge in [0.1, 0.15) is 5.82 Å². The zero-order valence-electron chi connectivity index (χ0n) is 12.8. The van der Waals surface area contributed by atoms with Gasteiger partial charge in [0.05, 0.1) is 17.2 Å². The fraction of sp³-hybridized carbons (Fsp3) is 0.400. The first-order valence-corrected chi connectivity index (χ1v) is 7.76. The fourth-order valence-corrected chi connectivity index (χ4v) is 2.68. The smallest absolute Gasteiger partial charge is 0.254 e. The van der Waals surface area contributed by atoms with Gasteiger partial charge in [0.25, 0.3) is 5.91 Å². The molecule has 0 spiro atoms. The molecule has 2 rings (SSSR count). The number of rotatable bonds is 5. The summed E-state index contributed by atoms with van der Waals surface area (Å²) in [6.07, 6.45) is 0. The van der Waals surface area contributed by atoms with Gasteiger partial charge in [-0.2, -0.15) is 0 Å². The largest absolute Gasteiger partial charge is 0.370 e. The lowest BCUT2D eigenvalue weighted by Crippen LogP contribution is -2.26. The molecule has 0 aliphatic heterocycles. The number of amides is 1. The standard InChI is InChI=1S/C15H20N4OS/c1-5-16-14-7-12(6-10(2)17-14)15(20)19(4)8-13-9-21-11(3)18-13/h6-7,9H,5,8H2,1-4H3,(H,16,17). The summed E-state index contributed by atoms with van der Waals surface area (Å²) < 4.78 is 0. The van der Waals surface area contributed by atoms with Crippen molar-refractivity contribution in [1.29, 1.82) is 0 Å². The predicted molar refractivity (Wildman–Crippen MR) is 85.8 cm³/mol. The third-order valence-corrected chi connectivity index (χ3v) is 3.79. The van der Waals surface area contributed by atoms with E-state index in [1.165, 1.54) is 0 Å². The molecular formula is C15H20N4OS. The Bertz CT molecular complexity index is 638. The molecule has 21 heavy (non-hydrogen) atoms. The lowest BCUT2D eigenvalue weighted by Gasteiger charge is -2.17. The van der Waals surface area contributed by atoms with Crippen molar-refractivity contribution in [3.63, 3.8) is 0 Å². The average molecular weight is 304 g/mol. The Balaban J connectivity index is 2.14. The molecule has 112 valence electrons. The Kier molecular flexibility index (Phi) is 4.90. The highest BCUT2D eigenvalue weighted by Gasteiger charge is 2.15. The number of aryl methyl sites for hydroxylation is 2. The number of thiazole rings is 1. The van der Waals surface area contributed by atoms with Crippen LogP contribution in [0.15, 0.2) is 17.5 Å². The summed E-state index contributed by atoms with van der Waals surface area (Å²) in [6, 6.07) is 3.60. The molecule has 2 aromatic heterocycles. The molecule has 1 amide bonds. The van der Waals surface area contributed by atoms with Gasteiger partial charge in [0.2, 0.25) is 0 Å². The summed E-state index contributed by atoms with van der Waals surface area (Å²) in [6.45, 7) is 7.15. The minimum absolute atomic E-state index is 0.0229. The van der Waals surface area contributed by atoms with Gasteiger partial charge in [0.15, 0.2) is 0 Å². The van der Waals surface area contributed by atoms with Crippen LogP contribution in [0.5, 0.6) is 0 Å². The van der Waals surface area contributed by atoms with E-state index in [0.29, 0.717) is 12.1 Å². The first-order valence-electron chi connectivity index (χ1n) is 6.88. The summed E-state index contributed by atoms with van der Waals surface area (Å²) in [4.78, 5) is 22.9. The molecule has 0 atom stereocenters. The van der Waals surface area contributed by atoms with E-state index in [1.807, 2.05) is 32.2 Å². The third-order valence-electron chi connectivity index (χ3n) is 2.97. The fourth-order valence-electron chi connectivity index (χ4n) is 2.08. The van der Waals surface area contributed by atoms with Gasteiger partial charge >= 0.3 is 0 Å². The molecule has 2 heterocycles. The molecule has 2 aromatic rings. The number of hydrogen-bond acceptors (Lipinski definition) is 5. The van der Waals surface area contributed by atoms with E-state index in [9.17, 15) is 4.79 Å². The highest BCUT2D eigenvalue weighted by Crippen LogP contribution is 2.15. The zero-order valence-corrected chi connectivity index (χ0v) is 13.6. The quantitative estimate of drug-likeness (QED) is 0.923. The Labute approximate surface area is 129 Å². The van der Waals surface area contributed by atoms with Crippen molar-refractivity contribution in [2.75, 3.05) is 18.9 Å². The minimum Gasteiger partial charge on any atom is -0.370 e. The maximum Gasteiger partial charge on any atom is 0.254 e. The number of carbonyl (C=O) groups excluding carboxylic acids is 1. The molecule has 0 bridgehead atoms. The van der Waals surface area contributed by atoms with Crippen LogP contribution in [-0.4, -0.2) is 34.4 Å². The van der Waals surface area contributed by atoms with Crippen molar-refractivity contribution in [3.8, 4) is 0 Å². The van der Waals surface area contributed by atoms with Crippen molar-refractivity contribution in [2.45, 2.75) is 27.3 Å². The average Bonchev–Trinajstić information content (AvgIpc) is 2.83. The van der Waals surface area contributed by atoms with Crippen molar-refractivity contribution in [3.05, 3.63) is 39.5 Å². The van der Waals surface area contributed by atoms with Crippen molar-refractivity contribution >= 4 is 23.1 Å². The number of carbonyl (C=O) groups is 1. The zero-order chi connectivity index (χ0) is 15.4. The van der Waals surface area contributed by atoms with Crippen LogP contribution in [0.2, 0.25) is 0 Å². The van der Waals surface area contributed by atoms with E-state index >= 15 is 0 Å². The van der Waals surface area contributed by atoms with Crippen LogP contribution >= 0.6 is 11.3 Å². The van der Waals surface area contributed by atoms with Gasteiger partial charge in [0, 0.05) is 30.2 Å². The van der Waals surface area contributed by atoms with Gasteiger partial charge in [-0.25, -0.2) is 9.97 Å². The minimum atomic E-state index is -0.0229. The molecule has 0 unspecified atom stereocenters. The van der Waals surface area contributed by atoms with Gasteiger partial charge in [-0.15, -0.1) is 11.3 Å². The van der Waals surface area contributed by atoms with E-state index in [-0.39, 0.29) is 5.91 Å². The maximum absolute atomic E-state index is 12.5. The number of pyridine rings is 1. The SMILES string of the molecule is CCNc1cc(C(=O)N(C)Cc2csc(C)n2)cc(C)n1. The van der Waals surface area contributed by atoms with Crippen LogP contribution in [0.1, 0.15) is 33.7 Å². The normalized spacial score (nSPS) is 10.5. The lowest BCUT2D eigenvalue weighted by atomic mass is 10.2. The summed E-state index contributed by atoms with van der Waals surface area (Å²) in [5, 5.41) is 6.14. The molecule has 0 radical (unpaired) electrons. The summed E-state index contributed by atoms with van der Waals surface area (Å²) in [7, 11) is 1.79. The topological polar surface area (TPSA) is 58.1 Å². The number of aromatic nitrogens is 2. The van der Waals surface area contributed by atoms with E-state index in [2.05, 4.69) is 15.3 Å². The first-order chi connectivity index (χ1) is 9.99. The van der Waals surface area contributed by atoms with Crippen molar-refractivity contribution in [1.82, 2.24) is 14.9 Å². The number of nitrogens with one attached hydrogen (secondary N) is 1. The number of hydrogen-bond donors (Lipinski definition) is 1. The Hall–Kier alpha value is -1.95. The van der Waals surface area contributed by atoms with Gasteiger partial charge < -0.3 is 10.2 Å². The molecular weight excluding hydrogens is 284 g/mol. The first kappa shape index (κ1) is 15.4. The summed E-state index contributed by atoms with van der Waals surface area (Å²) in [5.74, 6) is 0.712. The molecule has 0 saturated heterocycles. The molecule has 0 saturated carbocycles. The Morgan fingerprint density at radius 1 is 1.33 bits per heavy atom. The maximum atomic E-state index is 12.5. The van der Waals surface area contributed by atoms with Crippen LogP contribution in [-0.2, 0) is 6.54 Å². The summed E-state index contributed by atoms with van der Waals surface area (Å²) in [5.41, 5.74) is 2.40. The van der Waals surface area contributed by atoms with Crippen LogP contribution in [0.25, 0.3) is 0 Å². The van der Waals surface area contributed by atoms with E-state index in [4.69, 9.17) is 0 Å². The number of nitrogens with zero attached hydrogens (tertiary/aromatic N) is 3. The third kappa shape index (κ3) is 4.01. The van der Waals surface area contributed by atoms with Crippen molar-refractivity contribution in [2.24, 2.45) is 0 Å². The van der Waals surface area contributed by atoms with Crippen LogP contribution in [0.4, 0.5) is 5.82 Å². The van der Waals surface area contributed by atoms with E-state index < -0.39 is 0 Å². The lowest BCUT2D eigenvalue weighted by molar-refractivity contribution is 0.0783. The van der Waals surface area contributed by atoms with E-state index in [0.717, 1.165) is 28.8 Å².